The number of aliphatic hydroxyl groups is 4. The standard InChI is InChI=1S/C44H62N2O5/c1-26(17-21-47)33-14-15-34-40-35(23-38(50)43(33,34)5)42(4)19-20-44(51,24-31(42)22-37(40)49)18-16-29-10-12-30(13-11-29)25-45-41-32-8-6-7-9-36(32)46-27(2)39(41)28(3)48/h6-13,26-27,31,33-35,37-40,46-47,49-51H,14-25H2,1-5H3/t26?,27?,31?,33-,34?,35?,37?,38?,39?,40?,42?,43?,44?/m1/s1. The zero-order valence-electron chi connectivity index (χ0n) is 31.5. The predicted molar refractivity (Wildman–Crippen MR) is 203 cm³/mol. The average molecular weight is 699 g/mol. The lowest BCUT2D eigenvalue weighted by Gasteiger charge is -2.64. The third-order valence-electron chi connectivity index (χ3n) is 15.4. The number of fused-ring (bicyclic) bond motifs is 6. The fraction of sp³-hybridized carbons (Fsp3) is 0.682. The number of aliphatic hydroxyl groups excluding tert-OH is 3. The fourth-order valence-corrected chi connectivity index (χ4v) is 12.5. The van der Waals surface area contributed by atoms with Crippen LogP contribution in [-0.4, -0.2) is 62.4 Å². The van der Waals surface area contributed by atoms with E-state index >= 15 is 0 Å². The Balaban J connectivity index is 0.997. The van der Waals surface area contributed by atoms with E-state index in [0.717, 1.165) is 73.9 Å². The largest absolute Gasteiger partial charge is 0.396 e. The van der Waals surface area contributed by atoms with Gasteiger partial charge in [-0.3, -0.25) is 9.79 Å². The molecule has 12 unspecified atom stereocenters. The van der Waals surface area contributed by atoms with Crippen molar-refractivity contribution < 1.29 is 25.2 Å². The zero-order valence-corrected chi connectivity index (χ0v) is 31.5. The molecule has 0 radical (unpaired) electrons. The van der Waals surface area contributed by atoms with Crippen LogP contribution in [-0.2, 0) is 17.8 Å². The SMILES string of the molecule is CC(=O)C1C(=NCc2ccc(CCC3(O)CCC4(C)C(CC(O)C5C4CC(O)C4(C)C5CC[C@@H]4C(C)CCO)C3)cc2)c2ccccc2NC1C. The van der Waals surface area contributed by atoms with Gasteiger partial charge >= 0.3 is 0 Å². The van der Waals surface area contributed by atoms with E-state index in [9.17, 15) is 25.2 Å². The first-order valence-corrected chi connectivity index (χ1v) is 20.0. The maximum absolute atomic E-state index is 12.6. The number of Topliss-reactive ketones (excluding diaryl/α,β-unsaturated/α-hetero) is 1. The second-order valence-corrected chi connectivity index (χ2v) is 18.1. The molecule has 1 heterocycles. The number of hydrogen-bond acceptors (Lipinski definition) is 7. The summed E-state index contributed by atoms with van der Waals surface area (Å²) in [5, 5.41) is 48.8. The molecule has 51 heavy (non-hydrogen) atoms. The van der Waals surface area contributed by atoms with E-state index < -0.39 is 17.8 Å². The monoisotopic (exact) mass is 698 g/mol. The van der Waals surface area contributed by atoms with Gasteiger partial charge in [-0.05, 0) is 142 Å². The summed E-state index contributed by atoms with van der Waals surface area (Å²) in [7, 11) is 0. The van der Waals surface area contributed by atoms with Crippen molar-refractivity contribution in [2.24, 2.45) is 57.2 Å². The van der Waals surface area contributed by atoms with Gasteiger partial charge < -0.3 is 25.7 Å². The normalized spacial score (nSPS) is 41.5. The van der Waals surface area contributed by atoms with E-state index in [1.54, 1.807) is 6.92 Å². The Morgan fingerprint density at radius 3 is 2.45 bits per heavy atom. The van der Waals surface area contributed by atoms with E-state index in [-0.39, 0.29) is 52.9 Å². The van der Waals surface area contributed by atoms with Gasteiger partial charge in [0.1, 0.15) is 5.78 Å². The second kappa shape index (κ2) is 14.0. The van der Waals surface area contributed by atoms with E-state index in [1.165, 1.54) is 5.56 Å². The Labute approximate surface area is 305 Å². The minimum Gasteiger partial charge on any atom is -0.396 e. The van der Waals surface area contributed by atoms with Crippen molar-refractivity contribution in [3.8, 4) is 0 Å². The summed E-state index contributed by atoms with van der Waals surface area (Å²) in [4.78, 5) is 17.6. The fourth-order valence-electron chi connectivity index (χ4n) is 12.5. The molecule has 2 aromatic carbocycles. The van der Waals surface area contributed by atoms with Crippen LogP contribution in [0.4, 0.5) is 5.69 Å². The Bertz CT molecular complexity index is 1610. The molecule has 0 spiro atoms. The number of benzene rings is 2. The van der Waals surface area contributed by atoms with E-state index in [1.807, 2.05) is 31.2 Å². The number of nitrogens with zero attached hydrogens (tertiary/aromatic N) is 1. The van der Waals surface area contributed by atoms with E-state index in [0.29, 0.717) is 37.1 Å². The lowest BCUT2D eigenvalue weighted by Crippen LogP contribution is -2.63. The number of nitrogens with one attached hydrogen (secondary N) is 1. The third-order valence-corrected chi connectivity index (χ3v) is 15.4. The number of carbonyl (C=O) groups is 1. The molecular formula is C44H62N2O5. The summed E-state index contributed by atoms with van der Waals surface area (Å²) in [5.74, 6) is 1.56. The van der Waals surface area contributed by atoms with Crippen LogP contribution in [0.5, 0.6) is 0 Å². The summed E-state index contributed by atoms with van der Waals surface area (Å²) in [6.45, 7) is 11.3. The number of carbonyl (C=O) groups excluding carboxylic acids is 1. The quantitative estimate of drug-likeness (QED) is 0.193. The highest BCUT2D eigenvalue weighted by Gasteiger charge is 2.66. The van der Waals surface area contributed by atoms with Gasteiger partial charge in [-0.1, -0.05) is 63.2 Å². The minimum atomic E-state index is -0.762. The first-order chi connectivity index (χ1) is 24.3. The summed E-state index contributed by atoms with van der Waals surface area (Å²) in [6, 6.07) is 16.6. The molecule has 7 rings (SSSR count). The van der Waals surface area contributed by atoms with Crippen molar-refractivity contribution in [3.63, 3.8) is 0 Å². The Kier molecular flexibility index (Phi) is 10.1. The molecule has 13 atom stereocenters. The van der Waals surface area contributed by atoms with Gasteiger partial charge in [-0.2, -0.15) is 0 Å². The van der Waals surface area contributed by atoms with Crippen molar-refractivity contribution in [3.05, 3.63) is 65.2 Å². The van der Waals surface area contributed by atoms with Crippen LogP contribution in [0, 0.1) is 52.3 Å². The van der Waals surface area contributed by atoms with E-state index in [4.69, 9.17) is 4.99 Å². The highest BCUT2D eigenvalue weighted by atomic mass is 16.3. The van der Waals surface area contributed by atoms with Crippen LogP contribution in [0.1, 0.15) is 109 Å². The molecule has 5 aliphatic rings. The Morgan fingerprint density at radius 1 is 1.00 bits per heavy atom. The van der Waals surface area contributed by atoms with Crippen LogP contribution < -0.4 is 5.32 Å². The number of aryl methyl sites for hydroxylation is 1. The third kappa shape index (κ3) is 6.42. The molecule has 0 bridgehead atoms. The number of anilines is 1. The lowest BCUT2D eigenvalue weighted by molar-refractivity contribution is -0.216. The Hall–Kier alpha value is -2.58. The molecule has 7 heteroatoms. The number of rotatable bonds is 9. The summed E-state index contributed by atoms with van der Waals surface area (Å²) >= 11 is 0. The van der Waals surface area contributed by atoms with Crippen LogP contribution in [0.2, 0.25) is 0 Å². The van der Waals surface area contributed by atoms with Crippen molar-refractivity contribution in [2.75, 3.05) is 11.9 Å². The van der Waals surface area contributed by atoms with Crippen molar-refractivity contribution in [2.45, 2.75) is 129 Å². The maximum Gasteiger partial charge on any atom is 0.140 e. The van der Waals surface area contributed by atoms with Crippen molar-refractivity contribution in [1.29, 1.82) is 0 Å². The molecule has 0 aromatic heterocycles. The van der Waals surface area contributed by atoms with Crippen molar-refractivity contribution in [1.82, 2.24) is 0 Å². The molecule has 2 aromatic rings. The molecule has 4 fully saturated rings. The van der Waals surface area contributed by atoms with Crippen LogP contribution in [0.25, 0.3) is 0 Å². The number of aliphatic imine (C=N–C) groups is 1. The van der Waals surface area contributed by atoms with Gasteiger partial charge in [-0.25, -0.2) is 0 Å². The smallest absolute Gasteiger partial charge is 0.140 e. The highest BCUT2D eigenvalue weighted by Crippen LogP contribution is 2.69. The van der Waals surface area contributed by atoms with Crippen molar-refractivity contribution >= 4 is 17.2 Å². The van der Waals surface area contributed by atoms with Crippen LogP contribution >= 0.6 is 0 Å². The molecule has 1 aliphatic heterocycles. The van der Waals surface area contributed by atoms with Crippen LogP contribution in [0.15, 0.2) is 53.5 Å². The molecular weight excluding hydrogens is 636 g/mol. The maximum atomic E-state index is 12.6. The van der Waals surface area contributed by atoms with Crippen LogP contribution in [0.3, 0.4) is 0 Å². The highest BCUT2D eigenvalue weighted by molar-refractivity contribution is 6.17. The van der Waals surface area contributed by atoms with E-state index in [2.05, 4.69) is 50.4 Å². The zero-order chi connectivity index (χ0) is 36.3. The van der Waals surface area contributed by atoms with Gasteiger partial charge in [0.25, 0.3) is 0 Å². The number of hydrogen-bond donors (Lipinski definition) is 5. The molecule has 4 saturated carbocycles. The first-order valence-electron chi connectivity index (χ1n) is 20.0. The van der Waals surface area contributed by atoms with Gasteiger partial charge in [0, 0.05) is 23.9 Å². The van der Waals surface area contributed by atoms with Gasteiger partial charge in [0.15, 0.2) is 0 Å². The predicted octanol–water partition coefficient (Wildman–Crippen LogP) is 6.98. The topological polar surface area (TPSA) is 122 Å². The van der Waals surface area contributed by atoms with Gasteiger partial charge in [0.05, 0.1) is 36.0 Å². The van der Waals surface area contributed by atoms with Gasteiger partial charge in [0.2, 0.25) is 0 Å². The molecule has 278 valence electrons. The molecule has 0 amide bonds. The second-order valence-electron chi connectivity index (χ2n) is 18.1. The summed E-state index contributed by atoms with van der Waals surface area (Å²) < 4.78 is 0. The molecule has 7 nitrogen and oxygen atoms in total. The average Bonchev–Trinajstić information content (AvgIpc) is 3.46. The molecule has 0 saturated heterocycles. The number of para-hydroxylation sites is 1. The van der Waals surface area contributed by atoms with Gasteiger partial charge in [-0.15, -0.1) is 0 Å². The Morgan fingerprint density at radius 2 is 1.73 bits per heavy atom. The number of ketones is 1. The summed E-state index contributed by atoms with van der Waals surface area (Å²) in [5.41, 5.74) is 4.19. The molecule has 4 aliphatic carbocycles. The lowest BCUT2D eigenvalue weighted by atomic mass is 9.42. The first kappa shape index (κ1) is 36.8. The summed E-state index contributed by atoms with van der Waals surface area (Å²) in [6.07, 6.45) is 7.44. The minimum absolute atomic E-state index is 0.00446. The molecule has 5 N–H and O–H groups in total.